The topological polar surface area (TPSA) is 91.0 Å². The zero-order valence-electron chi connectivity index (χ0n) is 13.7. The zero-order chi connectivity index (χ0) is 17.3. The Bertz CT molecular complexity index is 965. The Hall–Kier alpha value is -2.45. The lowest BCUT2D eigenvalue weighted by atomic mass is 10.1. The van der Waals surface area contributed by atoms with Gasteiger partial charge in [0.15, 0.2) is 0 Å². The summed E-state index contributed by atoms with van der Waals surface area (Å²) in [6.07, 6.45) is 0. The van der Waals surface area contributed by atoms with Crippen LogP contribution in [-0.2, 0) is 10.0 Å². The first-order chi connectivity index (χ1) is 11.4. The molecular formula is C16H19N5O2S. The van der Waals surface area contributed by atoms with Crippen molar-refractivity contribution in [1.82, 2.24) is 19.7 Å². The molecule has 126 valence electrons. The Labute approximate surface area is 140 Å². The molecule has 2 aromatic carbocycles. The van der Waals surface area contributed by atoms with E-state index in [4.69, 9.17) is 0 Å². The second-order valence-electron chi connectivity index (χ2n) is 5.75. The van der Waals surface area contributed by atoms with Gasteiger partial charge < -0.3 is 5.32 Å². The molecule has 0 aliphatic heterocycles. The zero-order valence-corrected chi connectivity index (χ0v) is 14.5. The second-order valence-corrected chi connectivity index (χ2v) is 7.90. The Morgan fingerprint density at radius 1 is 1.08 bits per heavy atom. The molecule has 1 unspecified atom stereocenters. The monoisotopic (exact) mass is 345 g/mol. The van der Waals surface area contributed by atoms with Crippen molar-refractivity contribution in [3.05, 3.63) is 48.0 Å². The molecule has 3 rings (SSSR count). The van der Waals surface area contributed by atoms with Crippen molar-refractivity contribution >= 4 is 26.7 Å². The number of aromatic amines is 1. The van der Waals surface area contributed by atoms with Crippen molar-refractivity contribution < 1.29 is 8.42 Å². The maximum absolute atomic E-state index is 12.3. The van der Waals surface area contributed by atoms with Gasteiger partial charge in [-0.05, 0) is 42.8 Å². The van der Waals surface area contributed by atoms with Gasteiger partial charge in [-0.25, -0.2) is 12.7 Å². The van der Waals surface area contributed by atoms with E-state index >= 15 is 0 Å². The molecule has 0 saturated carbocycles. The van der Waals surface area contributed by atoms with E-state index in [0.717, 1.165) is 22.3 Å². The number of anilines is 1. The minimum absolute atomic E-state index is 0.0633. The molecule has 2 N–H and O–H groups in total. The smallest absolute Gasteiger partial charge is 0.242 e. The second kappa shape index (κ2) is 6.21. The van der Waals surface area contributed by atoms with E-state index in [2.05, 4.69) is 20.7 Å². The van der Waals surface area contributed by atoms with Gasteiger partial charge in [0.2, 0.25) is 10.0 Å². The van der Waals surface area contributed by atoms with Crippen LogP contribution in [0.3, 0.4) is 0 Å². The highest BCUT2D eigenvalue weighted by molar-refractivity contribution is 7.89. The molecule has 1 aromatic heterocycles. The van der Waals surface area contributed by atoms with Crippen LogP contribution in [0.4, 0.5) is 5.69 Å². The lowest BCUT2D eigenvalue weighted by Crippen LogP contribution is -2.22. The van der Waals surface area contributed by atoms with Crippen LogP contribution in [-0.4, -0.2) is 42.2 Å². The third kappa shape index (κ3) is 3.10. The lowest BCUT2D eigenvalue weighted by molar-refractivity contribution is 0.520. The van der Waals surface area contributed by atoms with Crippen LogP contribution in [0.1, 0.15) is 18.5 Å². The third-order valence-electron chi connectivity index (χ3n) is 3.84. The fourth-order valence-electron chi connectivity index (χ4n) is 2.42. The predicted molar refractivity (Wildman–Crippen MR) is 93.2 cm³/mol. The van der Waals surface area contributed by atoms with Crippen molar-refractivity contribution in [2.75, 3.05) is 19.4 Å². The van der Waals surface area contributed by atoms with Crippen LogP contribution in [0.5, 0.6) is 0 Å². The summed E-state index contributed by atoms with van der Waals surface area (Å²) in [5.74, 6) is 0. The molecule has 1 heterocycles. The Morgan fingerprint density at radius 2 is 1.83 bits per heavy atom. The van der Waals surface area contributed by atoms with Gasteiger partial charge in [0.25, 0.3) is 0 Å². The molecule has 0 fully saturated rings. The van der Waals surface area contributed by atoms with E-state index in [0.29, 0.717) is 0 Å². The van der Waals surface area contributed by atoms with Crippen LogP contribution in [0.25, 0.3) is 11.0 Å². The molecule has 0 radical (unpaired) electrons. The van der Waals surface area contributed by atoms with Crippen molar-refractivity contribution in [3.63, 3.8) is 0 Å². The highest BCUT2D eigenvalue weighted by Gasteiger charge is 2.18. The molecule has 0 amide bonds. The molecule has 0 aliphatic rings. The maximum Gasteiger partial charge on any atom is 0.242 e. The molecule has 8 heteroatoms. The summed E-state index contributed by atoms with van der Waals surface area (Å²) in [4.78, 5) is 0.283. The summed E-state index contributed by atoms with van der Waals surface area (Å²) in [6, 6.07) is 12.6. The van der Waals surface area contributed by atoms with Crippen LogP contribution in [0, 0.1) is 0 Å². The van der Waals surface area contributed by atoms with E-state index in [1.807, 2.05) is 31.2 Å². The van der Waals surface area contributed by atoms with Gasteiger partial charge >= 0.3 is 0 Å². The number of fused-ring (bicyclic) bond motifs is 1. The largest absolute Gasteiger partial charge is 0.378 e. The van der Waals surface area contributed by atoms with Gasteiger partial charge in [0.05, 0.1) is 4.90 Å². The van der Waals surface area contributed by atoms with Crippen molar-refractivity contribution in [2.24, 2.45) is 0 Å². The van der Waals surface area contributed by atoms with Gasteiger partial charge in [-0.1, -0.05) is 12.1 Å². The number of hydrogen-bond donors (Lipinski definition) is 2. The number of nitrogens with one attached hydrogen (secondary N) is 2. The lowest BCUT2D eigenvalue weighted by Gasteiger charge is -2.18. The van der Waals surface area contributed by atoms with E-state index in [-0.39, 0.29) is 10.9 Å². The van der Waals surface area contributed by atoms with Crippen molar-refractivity contribution in [2.45, 2.75) is 17.9 Å². The highest BCUT2D eigenvalue weighted by Crippen LogP contribution is 2.24. The van der Waals surface area contributed by atoms with Crippen LogP contribution < -0.4 is 5.32 Å². The van der Waals surface area contributed by atoms with Crippen molar-refractivity contribution in [3.8, 4) is 0 Å². The summed E-state index contributed by atoms with van der Waals surface area (Å²) in [5, 5.41) is 14.0. The molecule has 7 nitrogen and oxygen atoms in total. The first kappa shape index (κ1) is 16.4. The first-order valence-corrected chi connectivity index (χ1v) is 8.91. The number of aromatic nitrogens is 3. The van der Waals surface area contributed by atoms with E-state index in [1.165, 1.54) is 18.4 Å². The highest BCUT2D eigenvalue weighted by atomic mass is 32.2. The molecule has 0 bridgehead atoms. The van der Waals surface area contributed by atoms with Crippen LogP contribution >= 0.6 is 0 Å². The predicted octanol–water partition coefficient (Wildman–Crippen LogP) is 2.38. The number of H-pyrrole nitrogens is 1. The first-order valence-electron chi connectivity index (χ1n) is 7.47. The van der Waals surface area contributed by atoms with Gasteiger partial charge in [-0.15, -0.1) is 0 Å². The molecule has 0 saturated heterocycles. The number of nitrogens with zero attached hydrogens (tertiary/aromatic N) is 3. The Morgan fingerprint density at radius 3 is 2.58 bits per heavy atom. The quantitative estimate of drug-likeness (QED) is 0.741. The molecular weight excluding hydrogens is 326 g/mol. The minimum atomic E-state index is -3.44. The summed E-state index contributed by atoms with van der Waals surface area (Å²) >= 11 is 0. The summed E-state index contributed by atoms with van der Waals surface area (Å²) < 4.78 is 25.7. The summed E-state index contributed by atoms with van der Waals surface area (Å²) in [7, 11) is -0.395. The average molecular weight is 345 g/mol. The van der Waals surface area contributed by atoms with Gasteiger partial charge in [0.1, 0.15) is 11.0 Å². The van der Waals surface area contributed by atoms with Gasteiger partial charge in [-0.3, -0.25) is 0 Å². The molecule has 1 atom stereocenters. The van der Waals surface area contributed by atoms with E-state index < -0.39 is 10.0 Å². The minimum Gasteiger partial charge on any atom is -0.378 e. The Balaban J connectivity index is 1.86. The SMILES string of the molecule is CC(Nc1ccc2n[nH]nc2c1)c1cccc(S(=O)(=O)N(C)C)c1. The molecule has 24 heavy (non-hydrogen) atoms. The standard InChI is InChI=1S/C16H19N5O2S/c1-11(17-13-7-8-15-16(10-13)19-20-18-15)12-5-4-6-14(9-12)24(22,23)21(2)3/h4-11,17H,1-3H3,(H,18,19,20). The van der Waals surface area contributed by atoms with Crippen LogP contribution in [0.2, 0.25) is 0 Å². The van der Waals surface area contributed by atoms with Gasteiger partial charge in [-0.2, -0.15) is 15.4 Å². The maximum atomic E-state index is 12.3. The number of benzene rings is 2. The fraction of sp³-hybridized carbons (Fsp3) is 0.250. The number of sulfonamides is 1. The summed E-state index contributed by atoms with van der Waals surface area (Å²) in [5.41, 5.74) is 3.35. The van der Waals surface area contributed by atoms with Gasteiger partial charge in [0, 0.05) is 25.8 Å². The number of rotatable bonds is 5. The fourth-order valence-corrected chi connectivity index (χ4v) is 3.38. The molecule has 0 spiro atoms. The molecule has 3 aromatic rings. The molecule has 0 aliphatic carbocycles. The van der Waals surface area contributed by atoms with Crippen LogP contribution in [0.15, 0.2) is 47.4 Å². The average Bonchev–Trinajstić information content (AvgIpc) is 3.02. The van der Waals surface area contributed by atoms with Crippen molar-refractivity contribution in [1.29, 1.82) is 0 Å². The number of hydrogen-bond acceptors (Lipinski definition) is 5. The van der Waals surface area contributed by atoms with E-state index in [1.54, 1.807) is 18.2 Å². The third-order valence-corrected chi connectivity index (χ3v) is 5.65. The Kier molecular flexibility index (Phi) is 4.25. The normalized spacial score (nSPS) is 13.3. The van der Waals surface area contributed by atoms with E-state index in [9.17, 15) is 8.42 Å². The summed E-state index contributed by atoms with van der Waals surface area (Å²) in [6.45, 7) is 1.98.